The summed E-state index contributed by atoms with van der Waals surface area (Å²) in [5.41, 5.74) is 0. The third kappa shape index (κ3) is 4.10. The lowest BCUT2D eigenvalue weighted by atomic mass is 10.4. The van der Waals surface area contributed by atoms with Crippen molar-refractivity contribution in [1.82, 2.24) is 0 Å². The first-order chi connectivity index (χ1) is 6.52. The van der Waals surface area contributed by atoms with Gasteiger partial charge in [-0.2, -0.15) is 5.26 Å². The van der Waals surface area contributed by atoms with E-state index in [0.717, 1.165) is 6.08 Å². The van der Waals surface area contributed by atoms with Crippen molar-refractivity contribution in [1.29, 1.82) is 5.26 Å². The highest BCUT2D eigenvalue weighted by Gasteiger charge is 2.04. The summed E-state index contributed by atoms with van der Waals surface area (Å²) in [6.45, 7) is 4.40. The molecule has 2 nitrogen and oxygen atoms in total. The van der Waals surface area contributed by atoms with Crippen molar-refractivity contribution in [2.24, 2.45) is 0 Å². The topological polar surface area (TPSA) is 40.9 Å². The minimum Gasteiger partial charge on any atom is -0.254 e. The molecule has 0 aromatic carbocycles. The predicted molar refractivity (Wildman–Crippen MR) is 51.8 cm³/mol. The van der Waals surface area contributed by atoms with E-state index in [1.54, 1.807) is 6.07 Å². The van der Waals surface area contributed by atoms with E-state index >= 15 is 0 Å². The minimum absolute atomic E-state index is 0.112. The van der Waals surface area contributed by atoms with Crippen LogP contribution < -0.4 is 0 Å². The fourth-order valence-corrected chi connectivity index (χ4v) is 1.16. The summed E-state index contributed by atoms with van der Waals surface area (Å²) < 4.78 is 36.4. The van der Waals surface area contributed by atoms with Gasteiger partial charge >= 0.3 is 0 Å². The van der Waals surface area contributed by atoms with E-state index in [1.165, 1.54) is 6.92 Å². The van der Waals surface area contributed by atoms with Crippen LogP contribution in [0, 0.1) is 11.3 Å². The van der Waals surface area contributed by atoms with Gasteiger partial charge in [-0.15, -0.1) is 0 Å². The average Bonchev–Trinajstić information content (AvgIpc) is 2.16. The van der Waals surface area contributed by atoms with Crippen LogP contribution in [-0.2, 0) is 10.8 Å². The SMILES string of the molecule is C=C/C(F)=C(F)\C=C(/C)S(=O)CC#N. The summed E-state index contributed by atoms with van der Waals surface area (Å²) in [5.74, 6) is -2.48. The van der Waals surface area contributed by atoms with Crippen LogP contribution in [0.1, 0.15) is 6.92 Å². The van der Waals surface area contributed by atoms with Crippen LogP contribution in [0.15, 0.2) is 35.3 Å². The molecule has 5 heteroatoms. The number of hydrogen-bond donors (Lipinski definition) is 0. The first kappa shape index (κ1) is 12.7. The molecule has 0 heterocycles. The second kappa shape index (κ2) is 6.22. The van der Waals surface area contributed by atoms with Gasteiger partial charge < -0.3 is 0 Å². The third-order valence-electron chi connectivity index (χ3n) is 1.29. The predicted octanol–water partition coefficient (Wildman–Crippen LogP) is 2.50. The second-order valence-electron chi connectivity index (χ2n) is 2.30. The number of allylic oxidation sites excluding steroid dienone is 5. The van der Waals surface area contributed by atoms with Gasteiger partial charge in [-0.25, -0.2) is 8.78 Å². The highest BCUT2D eigenvalue weighted by Crippen LogP contribution is 2.14. The summed E-state index contributed by atoms with van der Waals surface area (Å²) in [5, 5.41) is 8.21. The molecule has 0 bridgehead atoms. The molecule has 1 unspecified atom stereocenters. The van der Waals surface area contributed by atoms with E-state index in [2.05, 4.69) is 6.58 Å². The molecule has 0 aliphatic rings. The maximum atomic E-state index is 12.8. The van der Waals surface area contributed by atoms with E-state index < -0.39 is 22.5 Å². The summed E-state index contributed by atoms with van der Waals surface area (Å²) in [7, 11) is -1.58. The van der Waals surface area contributed by atoms with E-state index in [0.29, 0.717) is 6.08 Å². The Morgan fingerprint density at radius 1 is 1.57 bits per heavy atom. The van der Waals surface area contributed by atoms with Crippen molar-refractivity contribution in [3.05, 3.63) is 35.3 Å². The van der Waals surface area contributed by atoms with Gasteiger partial charge in [-0.3, -0.25) is 4.21 Å². The first-order valence-electron chi connectivity index (χ1n) is 3.64. The Morgan fingerprint density at radius 2 is 2.14 bits per heavy atom. The van der Waals surface area contributed by atoms with E-state index in [9.17, 15) is 13.0 Å². The van der Waals surface area contributed by atoms with E-state index in [4.69, 9.17) is 5.26 Å². The lowest BCUT2D eigenvalue weighted by Gasteiger charge is -1.96. The Kier molecular flexibility index (Phi) is 5.65. The number of rotatable bonds is 4. The van der Waals surface area contributed by atoms with Gasteiger partial charge in [0.2, 0.25) is 0 Å². The number of hydrogen-bond acceptors (Lipinski definition) is 2. The zero-order valence-corrected chi connectivity index (χ0v) is 8.41. The molecular formula is C9H9F2NOS. The highest BCUT2D eigenvalue weighted by atomic mass is 32.2. The van der Waals surface area contributed by atoms with Gasteiger partial charge in [0.15, 0.2) is 11.7 Å². The molecule has 0 aromatic heterocycles. The van der Waals surface area contributed by atoms with Crippen LogP contribution in [0.4, 0.5) is 8.78 Å². The van der Waals surface area contributed by atoms with Crippen LogP contribution in [0.3, 0.4) is 0 Å². The quantitative estimate of drug-likeness (QED) is 0.679. The van der Waals surface area contributed by atoms with E-state index in [1.807, 2.05) is 0 Å². The molecule has 14 heavy (non-hydrogen) atoms. The molecule has 0 fully saturated rings. The van der Waals surface area contributed by atoms with Gasteiger partial charge in [-0.1, -0.05) is 6.58 Å². The number of nitrogens with zero attached hydrogens (tertiary/aromatic N) is 1. The fraction of sp³-hybridized carbons (Fsp3) is 0.222. The van der Waals surface area contributed by atoms with E-state index in [-0.39, 0.29) is 10.7 Å². The maximum Gasteiger partial charge on any atom is 0.159 e. The van der Waals surface area contributed by atoms with Gasteiger partial charge in [-0.05, 0) is 19.1 Å². The fourth-order valence-electron chi connectivity index (χ4n) is 0.583. The molecule has 0 saturated carbocycles. The summed E-state index contributed by atoms with van der Waals surface area (Å²) >= 11 is 0. The molecule has 0 radical (unpaired) electrons. The first-order valence-corrected chi connectivity index (χ1v) is 4.96. The zero-order chi connectivity index (χ0) is 11.1. The van der Waals surface area contributed by atoms with Gasteiger partial charge in [0.1, 0.15) is 5.75 Å². The standard InChI is InChI=1S/C9H9F2NOS/c1-3-8(10)9(11)6-7(2)14(13)5-4-12/h3,6H,1,5H2,2H3/b7-6+,9-8-. The van der Waals surface area contributed by atoms with Crippen LogP contribution in [-0.4, -0.2) is 9.96 Å². The lowest BCUT2D eigenvalue weighted by molar-refractivity contribution is 0.573. The van der Waals surface area contributed by atoms with Crippen molar-refractivity contribution in [3.8, 4) is 6.07 Å². The molecule has 0 aromatic rings. The van der Waals surface area contributed by atoms with Gasteiger partial charge in [0, 0.05) is 4.91 Å². The Morgan fingerprint density at radius 3 is 2.57 bits per heavy atom. The van der Waals surface area contributed by atoms with Crippen molar-refractivity contribution in [2.45, 2.75) is 6.92 Å². The normalized spacial score (nSPS) is 15.4. The monoisotopic (exact) mass is 217 g/mol. The summed E-state index contributed by atoms with van der Waals surface area (Å²) in [4.78, 5) is 0.112. The number of halogens is 2. The Bertz CT molecular complexity index is 352. The maximum absolute atomic E-state index is 12.8. The molecular weight excluding hydrogens is 208 g/mol. The highest BCUT2D eigenvalue weighted by molar-refractivity contribution is 7.89. The van der Waals surface area contributed by atoms with Crippen molar-refractivity contribution in [2.75, 3.05) is 5.75 Å². The third-order valence-corrected chi connectivity index (χ3v) is 2.52. The van der Waals surface area contributed by atoms with Crippen LogP contribution in [0.25, 0.3) is 0 Å². The average molecular weight is 217 g/mol. The molecule has 0 aliphatic carbocycles. The van der Waals surface area contributed by atoms with Crippen molar-refractivity contribution in [3.63, 3.8) is 0 Å². The summed E-state index contributed by atoms with van der Waals surface area (Å²) in [6.07, 6.45) is 1.51. The number of nitriles is 1. The molecule has 0 aliphatic heterocycles. The Balaban J connectivity index is 4.78. The molecule has 0 spiro atoms. The van der Waals surface area contributed by atoms with Gasteiger partial charge in [0.05, 0.1) is 16.9 Å². The molecule has 1 atom stereocenters. The van der Waals surface area contributed by atoms with Crippen molar-refractivity contribution < 1.29 is 13.0 Å². The smallest absolute Gasteiger partial charge is 0.159 e. The Labute approximate surface area is 83.7 Å². The molecule has 0 N–H and O–H groups in total. The van der Waals surface area contributed by atoms with Crippen molar-refractivity contribution >= 4 is 10.8 Å². The summed E-state index contributed by atoms with van der Waals surface area (Å²) in [6, 6.07) is 1.67. The second-order valence-corrected chi connectivity index (χ2v) is 3.93. The molecule has 0 amide bonds. The van der Waals surface area contributed by atoms with Crippen LogP contribution >= 0.6 is 0 Å². The molecule has 0 saturated heterocycles. The molecule has 76 valence electrons. The Hall–Kier alpha value is -1.28. The van der Waals surface area contributed by atoms with Gasteiger partial charge in [0.25, 0.3) is 0 Å². The largest absolute Gasteiger partial charge is 0.254 e. The lowest BCUT2D eigenvalue weighted by Crippen LogP contribution is -1.95. The zero-order valence-electron chi connectivity index (χ0n) is 7.59. The van der Waals surface area contributed by atoms with Crippen LogP contribution in [0.2, 0.25) is 0 Å². The van der Waals surface area contributed by atoms with Crippen LogP contribution in [0.5, 0.6) is 0 Å². The molecule has 0 rings (SSSR count). The minimum atomic E-state index is -1.58.